The smallest absolute Gasteiger partial charge is 0.243 e. The number of likely N-dealkylation sites (N-methyl/N-ethyl adjacent to an activating group) is 1. The molecule has 2 fully saturated rings. The summed E-state index contributed by atoms with van der Waals surface area (Å²) >= 11 is 0. The van der Waals surface area contributed by atoms with E-state index in [1.807, 2.05) is 13.0 Å². The Bertz CT molecular complexity index is 1380. The van der Waals surface area contributed by atoms with Gasteiger partial charge in [0.2, 0.25) is 15.9 Å². The molecule has 2 saturated heterocycles. The van der Waals surface area contributed by atoms with Crippen LogP contribution in [0.3, 0.4) is 0 Å². The van der Waals surface area contributed by atoms with Crippen LogP contribution in [-0.2, 0) is 19.6 Å². The number of sulfonamides is 1. The first-order valence-corrected chi connectivity index (χ1v) is 14.0. The number of H-pyrrole nitrogens is 1. The van der Waals surface area contributed by atoms with E-state index >= 15 is 0 Å². The van der Waals surface area contributed by atoms with Crippen molar-refractivity contribution in [1.29, 1.82) is 0 Å². The minimum absolute atomic E-state index is 0.0506. The fourth-order valence-electron chi connectivity index (χ4n) is 5.11. The second-order valence-electron chi connectivity index (χ2n) is 9.93. The predicted octanol–water partition coefficient (Wildman–Crippen LogP) is 3.61. The molecule has 1 unspecified atom stereocenters. The van der Waals surface area contributed by atoms with Crippen molar-refractivity contribution in [2.75, 3.05) is 51.3 Å². The third-order valence-corrected chi connectivity index (χ3v) is 8.94. The van der Waals surface area contributed by atoms with Crippen LogP contribution in [0.15, 0.2) is 47.4 Å². The highest BCUT2D eigenvalue weighted by Crippen LogP contribution is 2.36. The fraction of sp³-hybridized carbons (Fsp3) is 0.444. The second-order valence-corrected chi connectivity index (χ2v) is 12.0. The number of amides is 1. The number of carbonyl (C=O) groups excluding carboxylic acids is 1. The van der Waals surface area contributed by atoms with Crippen molar-refractivity contribution < 1.29 is 17.9 Å². The lowest BCUT2D eigenvalue weighted by molar-refractivity contribution is -0.138. The molecule has 3 heterocycles. The Labute approximate surface area is 212 Å². The summed E-state index contributed by atoms with van der Waals surface area (Å²) in [5, 5.41) is 1.08. The Morgan fingerprint density at radius 3 is 2.64 bits per heavy atom. The maximum Gasteiger partial charge on any atom is 0.243 e. The molecule has 1 atom stereocenters. The first-order valence-electron chi connectivity index (χ1n) is 12.6. The van der Waals surface area contributed by atoms with Crippen LogP contribution in [0.2, 0.25) is 0 Å². The van der Waals surface area contributed by atoms with E-state index in [2.05, 4.69) is 41.1 Å². The summed E-state index contributed by atoms with van der Waals surface area (Å²) in [5.74, 6) is -0.212. The van der Waals surface area contributed by atoms with Gasteiger partial charge in [0.25, 0.3) is 0 Å². The van der Waals surface area contributed by atoms with Crippen molar-refractivity contribution in [3.8, 4) is 11.3 Å². The molecule has 0 saturated carbocycles. The molecule has 1 N–H and O–H groups in total. The van der Waals surface area contributed by atoms with E-state index in [0.717, 1.165) is 63.6 Å². The van der Waals surface area contributed by atoms with E-state index < -0.39 is 10.0 Å². The van der Waals surface area contributed by atoms with Crippen LogP contribution in [0.4, 0.5) is 5.69 Å². The highest BCUT2D eigenvalue weighted by atomic mass is 32.2. The monoisotopic (exact) mass is 510 g/mol. The molecule has 2 aromatic carbocycles. The molecule has 8 nitrogen and oxygen atoms in total. The van der Waals surface area contributed by atoms with E-state index in [0.29, 0.717) is 19.7 Å². The lowest BCUT2D eigenvalue weighted by atomic mass is 10.1. The summed E-state index contributed by atoms with van der Waals surface area (Å²) < 4.78 is 33.8. The second kappa shape index (κ2) is 9.88. The molecule has 192 valence electrons. The van der Waals surface area contributed by atoms with Crippen LogP contribution < -0.4 is 4.90 Å². The molecule has 0 spiro atoms. The van der Waals surface area contributed by atoms with Crippen LogP contribution in [0.5, 0.6) is 0 Å². The number of ether oxygens (including phenoxy) is 1. The minimum Gasteiger partial charge on any atom is -0.375 e. The highest BCUT2D eigenvalue weighted by Gasteiger charge is 2.29. The van der Waals surface area contributed by atoms with Gasteiger partial charge in [-0.25, -0.2) is 8.42 Å². The number of aromatic amines is 1. The van der Waals surface area contributed by atoms with Gasteiger partial charge < -0.3 is 19.5 Å². The molecule has 9 heteroatoms. The zero-order valence-corrected chi connectivity index (χ0v) is 22.0. The molecular weight excluding hydrogens is 476 g/mol. The number of morpholine rings is 1. The molecule has 1 aromatic heterocycles. The van der Waals surface area contributed by atoms with Crippen LogP contribution in [0.25, 0.3) is 22.2 Å². The molecule has 0 radical (unpaired) electrons. The Morgan fingerprint density at radius 2 is 1.89 bits per heavy atom. The standard InChI is InChI=1S/C27H34N4O4S/c1-19-6-7-21-15-25(28-24(21)14-19)23-16-22(8-9-26(23)30-10-4-5-11-30)36(33,34)29(3)18-27(32)31-12-13-35-20(2)17-31/h6-9,14-16,20,28H,4-5,10-13,17-18H2,1-3H3. The molecule has 5 rings (SSSR count). The van der Waals surface area contributed by atoms with Crippen molar-refractivity contribution in [3.63, 3.8) is 0 Å². The zero-order valence-electron chi connectivity index (χ0n) is 21.2. The number of fused-ring (bicyclic) bond motifs is 1. The largest absolute Gasteiger partial charge is 0.375 e. The van der Waals surface area contributed by atoms with Gasteiger partial charge in [0.05, 0.1) is 24.2 Å². The van der Waals surface area contributed by atoms with Crippen molar-refractivity contribution >= 4 is 32.5 Å². The average molecular weight is 511 g/mol. The first kappa shape index (κ1) is 24.8. The van der Waals surface area contributed by atoms with Gasteiger partial charge in [0.15, 0.2) is 0 Å². The Balaban J connectivity index is 1.48. The SMILES string of the molecule is Cc1ccc2cc(-c3cc(S(=O)(=O)N(C)CC(=O)N4CCOC(C)C4)ccc3N3CCCC3)[nH]c2c1. The Hall–Kier alpha value is -2.88. The minimum atomic E-state index is -3.87. The van der Waals surface area contributed by atoms with E-state index in [1.54, 1.807) is 17.0 Å². The normalized spacial score (nSPS) is 18.9. The Morgan fingerprint density at radius 1 is 1.11 bits per heavy atom. The third kappa shape index (κ3) is 4.87. The molecular formula is C27H34N4O4S. The highest BCUT2D eigenvalue weighted by molar-refractivity contribution is 7.89. The van der Waals surface area contributed by atoms with Crippen LogP contribution in [0.1, 0.15) is 25.3 Å². The topological polar surface area (TPSA) is 85.9 Å². The van der Waals surface area contributed by atoms with Gasteiger partial charge in [-0.1, -0.05) is 12.1 Å². The molecule has 36 heavy (non-hydrogen) atoms. The number of benzene rings is 2. The molecule has 2 aliphatic rings. The summed E-state index contributed by atoms with van der Waals surface area (Å²) in [6, 6.07) is 13.6. The molecule has 3 aromatic rings. The maximum absolute atomic E-state index is 13.6. The van der Waals surface area contributed by atoms with Gasteiger partial charge in [-0.05, 0) is 62.6 Å². The van der Waals surface area contributed by atoms with Gasteiger partial charge in [-0.3, -0.25) is 4.79 Å². The molecule has 1 amide bonds. The molecule has 2 aliphatic heterocycles. The van der Waals surface area contributed by atoms with E-state index in [9.17, 15) is 13.2 Å². The first-order chi connectivity index (χ1) is 17.2. The van der Waals surface area contributed by atoms with Crippen molar-refractivity contribution in [2.45, 2.75) is 37.7 Å². The quantitative estimate of drug-likeness (QED) is 0.548. The molecule has 0 aliphatic carbocycles. The number of carbonyl (C=O) groups is 1. The van der Waals surface area contributed by atoms with E-state index in [-0.39, 0.29) is 23.5 Å². The Kier molecular flexibility index (Phi) is 6.80. The number of hydrogen-bond acceptors (Lipinski definition) is 5. The van der Waals surface area contributed by atoms with Gasteiger partial charge in [-0.15, -0.1) is 0 Å². The van der Waals surface area contributed by atoms with E-state index in [4.69, 9.17) is 4.74 Å². The van der Waals surface area contributed by atoms with Crippen molar-refractivity contribution in [3.05, 3.63) is 48.0 Å². The summed E-state index contributed by atoms with van der Waals surface area (Å²) in [6.45, 7) is 7.08. The van der Waals surface area contributed by atoms with Crippen molar-refractivity contribution in [2.24, 2.45) is 0 Å². The zero-order chi connectivity index (χ0) is 25.4. The van der Waals surface area contributed by atoms with Crippen molar-refractivity contribution in [1.82, 2.24) is 14.2 Å². The number of aromatic nitrogens is 1. The number of aryl methyl sites for hydroxylation is 1. The van der Waals surface area contributed by atoms with E-state index in [1.165, 1.54) is 7.05 Å². The van der Waals surface area contributed by atoms with Gasteiger partial charge in [0.1, 0.15) is 0 Å². The summed E-state index contributed by atoms with van der Waals surface area (Å²) in [4.78, 5) is 20.5. The van der Waals surface area contributed by atoms with Gasteiger partial charge in [0, 0.05) is 61.1 Å². The number of rotatable bonds is 6. The lowest BCUT2D eigenvalue weighted by Crippen LogP contribution is -2.48. The number of anilines is 1. The summed E-state index contributed by atoms with van der Waals surface area (Å²) in [7, 11) is -2.40. The summed E-state index contributed by atoms with van der Waals surface area (Å²) in [6.07, 6.45) is 2.19. The van der Waals surface area contributed by atoms with Gasteiger partial charge >= 0.3 is 0 Å². The van der Waals surface area contributed by atoms with Crippen LogP contribution in [-0.4, -0.2) is 81.0 Å². The third-order valence-electron chi connectivity index (χ3n) is 7.14. The average Bonchev–Trinajstić information content (AvgIpc) is 3.53. The number of nitrogens with zero attached hydrogens (tertiary/aromatic N) is 3. The number of nitrogens with one attached hydrogen (secondary N) is 1. The van der Waals surface area contributed by atoms with Gasteiger partial charge in [-0.2, -0.15) is 4.31 Å². The maximum atomic E-state index is 13.6. The lowest BCUT2D eigenvalue weighted by Gasteiger charge is -2.32. The summed E-state index contributed by atoms with van der Waals surface area (Å²) in [5.41, 5.74) is 4.95. The fourth-order valence-corrected chi connectivity index (χ4v) is 6.26. The predicted molar refractivity (Wildman–Crippen MR) is 142 cm³/mol. The molecule has 0 bridgehead atoms. The van der Waals surface area contributed by atoms with Crippen LogP contribution >= 0.6 is 0 Å². The van der Waals surface area contributed by atoms with Crippen LogP contribution in [0, 0.1) is 6.92 Å². The number of hydrogen-bond donors (Lipinski definition) is 1.